The van der Waals surface area contributed by atoms with E-state index >= 15 is 0 Å². The maximum absolute atomic E-state index is 12.6. The van der Waals surface area contributed by atoms with Crippen molar-refractivity contribution < 1.29 is 19.1 Å². The first-order valence-corrected chi connectivity index (χ1v) is 9.66. The number of rotatable bonds is 9. The summed E-state index contributed by atoms with van der Waals surface area (Å²) in [6.07, 6.45) is 11.3. The molecule has 0 aromatic heterocycles. The Balaban J connectivity index is 2.89. The minimum atomic E-state index is -0.595. The average Bonchev–Trinajstić information content (AvgIpc) is 2.51. The van der Waals surface area contributed by atoms with Gasteiger partial charge in [-0.15, -0.1) is 0 Å². The van der Waals surface area contributed by atoms with Crippen molar-refractivity contribution in [2.24, 2.45) is 17.8 Å². The molecule has 0 aliphatic heterocycles. The molecular weight excluding hydrogens is 328 g/mol. The lowest BCUT2D eigenvalue weighted by molar-refractivity contribution is -0.152. The smallest absolute Gasteiger partial charge is 0.345 e. The van der Waals surface area contributed by atoms with Crippen molar-refractivity contribution in [3.63, 3.8) is 0 Å². The van der Waals surface area contributed by atoms with E-state index in [4.69, 9.17) is 9.47 Å². The summed E-state index contributed by atoms with van der Waals surface area (Å²) in [4.78, 5) is 25.2. The molecule has 0 N–H and O–H groups in total. The fraction of sp³-hybridized carbons (Fsp3) is 0.636. The Morgan fingerprint density at radius 1 is 0.923 bits per heavy atom. The molecular formula is C22H34O4. The molecule has 0 saturated carbocycles. The van der Waals surface area contributed by atoms with E-state index < -0.39 is 11.9 Å². The van der Waals surface area contributed by atoms with Gasteiger partial charge < -0.3 is 9.47 Å². The Morgan fingerprint density at radius 3 is 1.81 bits per heavy atom. The molecule has 0 heterocycles. The second-order valence-corrected chi connectivity index (χ2v) is 7.98. The van der Waals surface area contributed by atoms with Crippen LogP contribution in [-0.4, -0.2) is 24.1 Å². The molecule has 4 heteroatoms. The van der Waals surface area contributed by atoms with Crippen LogP contribution in [0.1, 0.15) is 60.8 Å². The molecule has 1 rings (SSSR count). The van der Waals surface area contributed by atoms with Gasteiger partial charge in [-0.05, 0) is 50.9 Å². The fourth-order valence-electron chi connectivity index (χ4n) is 3.07. The zero-order valence-corrected chi connectivity index (χ0v) is 17.0. The van der Waals surface area contributed by atoms with Gasteiger partial charge in [0, 0.05) is 0 Å². The number of hydrogen-bond donors (Lipinski definition) is 0. The highest BCUT2D eigenvalue weighted by atomic mass is 16.6. The molecule has 0 fully saturated rings. The van der Waals surface area contributed by atoms with Gasteiger partial charge >= 0.3 is 11.9 Å². The molecule has 26 heavy (non-hydrogen) atoms. The normalized spacial score (nSPS) is 18.5. The molecule has 0 amide bonds. The molecule has 4 nitrogen and oxygen atoms in total. The summed E-state index contributed by atoms with van der Waals surface area (Å²) in [7, 11) is 0. The highest BCUT2D eigenvalue weighted by molar-refractivity contribution is 6.14. The summed E-state index contributed by atoms with van der Waals surface area (Å²) in [6.45, 7) is 12.0. The van der Waals surface area contributed by atoms with Gasteiger partial charge in [-0.1, -0.05) is 58.1 Å². The van der Waals surface area contributed by atoms with Crippen molar-refractivity contribution in [2.45, 2.75) is 73.0 Å². The third-order valence-corrected chi connectivity index (χ3v) is 4.06. The van der Waals surface area contributed by atoms with Crippen LogP contribution in [0.3, 0.4) is 0 Å². The van der Waals surface area contributed by atoms with Gasteiger partial charge in [-0.2, -0.15) is 0 Å². The van der Waals surface area contributed by atoms with Crippen molar-refractivity contribution in [1.29, 1.82) is 0 Å². The number of carbonyl (C=O) groups excluding carboxylic acids is 2. The largest absolute Gasteiger partial charge is 0.459 e. The molecule has 1 aliphatic rings. The van der Waals surface area contributed by atoms with Gasteiger partial charge in [0.1, 0.15) is 5.57 Å². The Bertz CT molecular complexity index is 522. The first-order chi connectivity index (χ1) is 12.2. The molecule has 146 valence electrons. The number of hydrogen-bond acceptors (Lipinski definition) is 4. The van der Waals surface area contributed by atoms with Gasteiger partial charge in [0.05, 0.1) is 12.2 Å². The minimum Gasteiger partial charge on any atom is -0.459 e. The first kappa shape index (κ1) is 22.2. The first-order valence-electron chi connectivity index (χ1n) is 9.66. The van der Waals surface area contributed by atoms with Crippen molar-refractivity contribution in [3.05, 3.63) is 36.0 Å². The molecule has 0 aromatic rings. The molecule has 0 aromatic carbocycles. The van der Waals surface area contributed by atoms with E-state index in [2.05, 4.69) is 27.7 Å². The predicted octanol–water partition coefficient (Wildman–Crippen LogP) is 5.00. The summed E-state index contributed by atoms with van der Waals surface area (Å²) in [5, 5.41) is 0. The van der Waals surface area contributed by atoms with Crippen LogP contribution in [0.2, 0.25) is 0 Å². The Kier molecular flexibility index (Phi) is 9.39. The van der Waals surface area contributed by atoms with E-state index in [1.807, 2.05) is 38.2 Å². The van der Waals surface area contributed by atoms with Crippen LogP contribution in [-0.2, 0) is 19.1 Å². The van der Waals surface area contributed by atoms with Gasteiger partial charge in [0.2, 0.25) is 0 Å². The number of carbonyl (C=O) groups is 2. The zero-order valence-electron chi connectivity index (χ0n) is 17.0. The fourth-order valence-corrected chi connectivity index (χ4v) is 3.07. The van der Waals surface area contributed by atoms with Crippen molar-refractivity contribution in [3.8, 4) is 0 Å². The van der Waals surface area contributed by atoms with Gasteiger partial charge in [0.25, 0.3) is 0 Å². The van der Waals surface area contributed by atoms with Crippen LogP contribution in [0.4, 0.5) is 0 Å². The van der Waals surface area contributed by atoms with E-state index in [0.29, 0.717) is 11.8 Å². The standard InChI is InChI=1S/C22H34O4/c1-15(2)12-17(5)25-21(23)20(14-19-10-8-7-9-11-19)22(24)26-18(6)13-16(3)4/h7-10,14-19H,11-13H2,1-6H3. The molecule has 0 saturated heterocycles. The predicted molar refractivity (Wildman–Crippen MR) is 104 cm³/mol. The lowest BCUT2D eigenvalue weighted by atomic mass is 9.98. The second kappa shape index (κ2) is 11.0. The van der Waals surface area contributed by atoms with Crippen LogP contribution in [0, 0.1) is 17.8 Å². The summed E-state index contributed by atoms with van der Waals surface area (Å²) in [6, 6.07) is 0. The number of ether oxygens (including phenoxy) is 2. The Labute approximate surface area is 158 Å². The van der Waals surface area contributed by atoms with E-state index in [0.717, 1.165) is 19.3 Å². The quantitative estimate of drug-likeness (QED) is 0.251. The average molecular weight is 363 g/mol. The molecule has 3 unspecified atom stereocenters. The molecule has 0 bridgehead atoms. The number of allylic oxidation sites excluding steroid dienone is 5. The molecule has 0 spiro atoms. The SMILES string of the molecule is CC(C)CC(C)OC(=O)C(=CC1C=CC=CC1)C(=O)OC(C)CC(C)C. The van der Waals surface area contributed by atoms with Gasteiger partial charge in [-0.3, -0.25) is 0 Å². The highest BCUT2D eigenvalue weighted by Gasteiger charge is 2.26. The third-order valence-electron chi connectivity index (χ3n) is 4.06. The zero-order chi connectivity index (χ0) is 19.7. The van der Waals surface area contributed by atoms with Crippen LogP contribution >= 0.6 is 0 Å². The third kappa shape index (κ3) is 8.50. The van der Waals surface area contributed by atoms with Gasteiger partial charge in [-0.25, -0.2) is 9.59 Å². The van der Waals surface area contributed by atoms with Crippen LogP contribution < -0.4 is 0 Å². The summed E-state index contributed by atoms with van der Waals surface area (Å²) in [5.41, 5.74) is 0.00108. The summed E-state index contributed by atoms with van der Waals surface area (Å²) < 4.78 is 11.0. The topological polar surface area (TPSA) is 52.6 Å². The monoisotopic (exact) mass is 362 g/mol. The second-order valence-electron chi connectivity index (χ2n) is 7.98. The lowest BCUT2D eigenvalue weighted by Crippen LogP contribution is -2.26. The molecule has 1 aliphatic carbocycles. The van der Waals surface area contributed by atoms with Crippen LogP contribution in [0.5, 0.6) is 0 Å². The van der Waals surface area contributed by atoms with Crippen molar-refractivity contribution in [2.75, 3.05) is 0 Å². The van der Waals surface area contributed by atoms with Crippen molar-refractivity contribution >= 4 is 11.9 Å². The van der Waals surface area contributed by atoms with E-state index in [1.165, 1.54) is 0 Å². The van der Waals surface area contributed by atoms with Crippen LogP contribution in [0.25, 0.3) is 0 Å². The Morgan fingerprint density at radius 2 is 1.42 bits per heavy atom. The van der Waals surface area contributed by atoms with E-state index in [9.17, 15) is 9.59 Å². The molecule has 3 atom stereocenters. The molecule has 0 radical (unpaired) electrons. The van der Waals surface area contributed by atoms with E-state index in [-0.39, 0.29) is 23.7 Å². The number of esters is 2. The summed E-state index contributed by atoms with van der Waals surface area (Å²) >= 11 is 0. The van der Waals surface area contributed by atoms with Crippen LogP contribution in [0.15, 0.2) is 36.0 Å². The van der Waals surface area contributed by atoms with E-state index in [1.54, 1.807) is 6.08 Å². The summed E-state index contributed by atoms with van der Waals surface area (Å²) in [5.74, 6) is -0.370. The Hall–Kier alpha value is -1.84. The maximum atomic E-state index is 12.6. The minimum absolute atomic E-state index is 0.00108. The maximum Gasteiger partial charge on any atom is 0.345 e. The highest BCUT2D eigenvalue weighted by Crippen LogP contribution is 2.19. The van der Waals surface area contributed by atoms with Crippen molar-refractivity contribution in [1.82, 2.24) is 0 Å². The lowest BCUT2D eigenvalue weighted by Gasteiger charge is -2.19. The van der Waals surface area contributed by atoms with Gasteiger partial charge in [0.15, 0.2) is 0 Å².